The van der Waals surface area contributed by atoms with Crippen molar-refractivity contribution in [3.63, 3.8) is 0 Å². The standard InChI is InChI=1S/C18H19N5O2/c1-3-25-16(24)13-9-11-14(12-10-13)20-17-21-18(19-2)23(22-17)15-7-5-4-6-8-15/h4-12H,3H2,1-2H3,(H2,19,20,21,22). The van der Waals surface area contributed by atoms with Gasteiger partial charge >= 0.3 is 5.97 Å². The lowest BCUT2D eigenvalue weighted by Gasteiger charge is -2.04. The minimum atomic E-state index is -0.335. The van der Waals surface area contributed by atoms with Crippen molar-refractivity contribution in [2.75, 3.05) is 24.3 Å². The van der Waals surface area contributed by atoms with Gasteiger partial charge in [-0.05, 0) is 43.3 Å². The molecule has 128 valence electrons. The Morgan fingerprint density at radius 3 is 2.48 bits per heavy atom. The van der Waals surface area contributed by atoms with Crippen molar-refractivity contribution in [2.45, 2.75) is 6.92 Å². The summed E-state index contributed by atoms with van der Waals surface area (Å²) >= 11 is 0. The molecular formula is C18H19N5O2. The quantitative estimate of drug-likeness (QED) is 0.672. The fourth-order valence-electron chi connectivity index (χ4n) is 2.31. The Hall–Kier alpha value is -3.35. The molecule has 0 atom stereocenters. The molecule has 0 unspecified atom stereocenters. The Labute approximate surface area is 145 Å². The summed E-state index contributed by atoms with van der Waals surface area (Å²) < 4.78 is 6.69. The van der Waals surface area contributed by atoms with Crippen LogP contribution in [0, 0.1) is 0 Å². The number of hydrogen-bond acceptors (Lipinski definition) is 6. The van der Waals surface area contributed by atoms with Gasteiger partial charge in [0.25, 0.3) is 0 Å². The van der Waals surface area contributed by atoms with Gasteiger partial charge in [0, 0.05) is 12.7 Å². The monoisotopic (exact) mass is 337 g/mol. The minimum Gasteiger partial charge on any atom is -0.462 e. The van der Waals surface area contributed by atoms with Crippen molar-refractivity contribution in [1.82, 2.24) is 14.8 Å². The van der Waals surface area contributed by atoms with Crippen LogP contribution >= 0.6 is 0 Å². The molecule has 0 fully saturated rings. The van der Waals surface area contributed by atoms with Crippen LogP contribution in [0.2, 0.25) is 0 Å². The summed E-state index contributed by atoms with van der Waals surface area (Å²) in [6.45, 7) is 2.13. The second-order valence-electron chi connectivity index (χ2n) is 5.18. The maximum Gasteiger partial charge on any atom is 0.338 e. The normalized spacial score (nSPS) is 10.3. The van der Waals surface area contributed by atoms with Crippen LogP contribution in [0.1, 0.15) is 17.3 Å². The Kier molecular flexibility index (Phi) is 4.94. The highest BCUT2D eigenvalue weighted by molar-refractivity contribution is 5.89. The number of nitrogens with one attached hydrogen (secondary N) is 2. The van der Waals surface area contributed by atoms with E-state index >= 15 is 0 Å². The third-order valence-electron chi connectivity index (χ3n) is 3.48. The molecule has 1 heterocycles. The maximum absolute atomic E-state index is 11.7. The first-order valence-corrected chi connectivity index (χ1v) is 7.95. The molecule has 0 aliphatic heterocycles. The van der Waals surface area contributed by atoms with Crippen LogP contribution in [-0.2, 0) is 4.74 Å². The van der Waals surface area contributed by atoms with E-state index < -0.39 is 0 Å². The van der Waals surface area contributed by atoms with E-state index in [0.717, 1.165) is 11.4 Å². The van der Waals surface area contributed by atoms with Gasteiger partial charge in [0.15, 0.2) is 0 Å². The topological polar surface area (TPSA) is 81.1 Å². The molecule has 7 heteroatoms. The molecule has 0 aliphatic rings. The number of hydrogen-bond donors (Lipinski definition) is 2. The molecule has 0 saturated heterocycles. The number of para-hydroxylation sites is 1. The minimum absolute atomic E-state index is 0.335. The van der Waals surface area contributed by atoms with E-state index in [0.29, 0.717) is 24.1 Å². The first-order valence-electron chi connectivity index (χ1n) is 7.95. The molecule has 0 saturated carbocycles. The summed E-state index contributed by atoms with van der Waals surface area (Å²) in [4.78, 5) is 16.1. The lowest BCUT2D eigenvalue weighted by molar-refractivity contribution is 0.0526. The number of carbonyl (C=O) groups is 1. The van der Waals surface area contributed by atoms with Crippen molar-refractivity contribution >= 4 is 23.6 Å². The van der Waals surface area contributed by atoms with Gasteiger partial charge in [-0.3, -0.25) is 0 Å². The predicted molar refractivity (Wildman–Crippen MR) is 96.6 cm³/mol. The van der Waals surface area contributed by atoms with E-state index in [4.69, 9.17) is 4.74 Å². The van der Waals surface area contributed by atoms with Crippen LogP contribution in [0.3, 0.4) is 0 Å². The number of ether oxygens (including phenoxy) is 1. The second-order valence-corrected chi connectivity index (χ2v) is 5.18. The largest absolute Gasteiger partial charge is 0.462 e. The van der Waals surface area contributed by atoms with E-state index in [1.54, 1.807) is 42.9 Å². The molecule has 0 aliphatic carbocycles. The molecule has 2 aromatic carbocycles. The predicted octanol–water partition coefficient (Wildman–Crippen LogP) is 3.23. The third-order valence-corrected chi connectivity index (χ3v) is 3.48. The zero-order chi connectivity index (χ0) is 17.6. The first kappa shape index (κ1) is 16.5. The van der Waals surface area contributed by atoms with Crippen molar-refractivity contribution in [2.24, 2.45) is 0 Å². The van der Waals surface area contributed by atoms with Crippen LogP contribution in [0.5, 0.6) is 0 Å². The van der Waals surface area contributed by atoms with Gasteiger partial charge in [-0.25, -0.2) is 4.79 Å². The number of nitrogens with zero attached hydrogens (tertiary/aromatic N) is 3. The third kappa shape index (κ3) is 3.77. The Morgan fingerprint density at radius 2 is 1.84 bits per heavy atom. The zero-order valence-electron chi connectivity index (χ0n) is 14.1. The maximum atomic E-state index is 11.7. The van der Waals surface area contributed by atoms with Gasteiger partial charge in [-0.15, -0.1) is 5.10 Å². The van der Waals surface area contributed by atoms with Gasteiger partial charge in [-0.2, -0.15) is 9.67 Å². The summed E-state index contributed by atoms with van der Waals surface area (Å²) in [6.07, 6.45) is 0. The molecule has 1 aromatic heterocycles. The smallest absolute Gasteiger partial charge is 0.338 e. The molecule has 7 nitrogen and oxygen atoms in total. The second kappa shape index (κ2) is 7.48. The van der Waals surface area contributed by atoms with E-state index in [9.17, 15) is 4.79 Å². The summed E-state index contributed by atoms with van der Waals surface area (Å²) in [7, 11) is 1.79. The van der Waals surface area contributed by atoms with Crippen molar-refractivity contribution in [3.8, 4) is 5.69 Å². The average Bonchev–Trinajstić information content (AvgIpc) is 3.06. The lowest BCUT2D eigenvalue weighted by atomic mass is 10.2. The Balaban J connectivity index is 1.79. The number of anilines is 3. The van der Waals surface area contributed by atoms with Crippen LogP contribution in [0.4, 0.5) is 17.6 Å². The molecule has 3 aromatic rings. The number of carbonyl (C=O) groups excluding carboxylic acids is 1. The van der Waals surface area contributed by atoms with Gasteiger partial charge in [-0.1, -0.05) is 18.2 Å². The Bertz CT molecular complexity index is 844. The fraction of sp³-hybridized carbons (Fsp3) is 0.167. The van der Waals surface area contributed by atoms with Gasteiger partial charge in [0.2, 0.25) is 11.9 Å². The molecule has 3 rings (SSSR count). The molecule has 0 radical (unpaired) electrons. The Morgan fingerprint density at radius 1 is 1.12 bits per heavy atom. The highest BCUT2D eigenvalue weighted by Gasteiger charge is 2.11. The van der Waals surface area contributed by atoms with E-state index in [1.165, 1.54) is 0 Å². The molecule has 2 N–H and O–H groups in total. The molecular weight excluding hydrogens is 318 g/mol. The highest BCUT2D eigenvalue weighted by Crippen LogP contribution is 2.19. The lowest BCUT2D eigenvalue weighted by Crippen LogP contribution is -2.04. The van der Waals surface area contributed by atoms with Crippen LogP contribution < -0.4 is 10.6 Å². The van der Waals surface area contributed by atoms with Crippen LogP contribution in [0.15, 0.2) is 54.6 Å². The van der Waals surface area contributed by atoms with Crippen LogP contribution in [-0.4, -0.2) is 34.4 Å². The van der Waals surface area contributed by atoms with Gasteiger partial charge in [0.05, 0.1) is 17.9 Å². The molecule has 0 amide bonds. The molecule has 0 bridgehead atoms. The number of esters is 1. The number of benzene rings is 2. The number of aromatic nitrogens is 3. The van der Waals surface area contributed by atoms with Gasteiger partial charge < -0.3 is 15.4 Å². The van der Waals surface area contributed by atoms with E-state index in [1.807, 2.05) is 30.3 Å². The van der Waals surface area contributed by atoms with Crippen molar-refractivity contribution in [1.29, 1.82) is 0 Å². The fourth-order valence-corrected chi connectivity index (χ4v) is 2.31. The van der Waals surface area contributed by atoms with Gasteiger partial charge in [0.1, 0.15) is 0 Å². The van der Waals surface area contributed by atoms with Crippen LogP contribution in [0.25, 0.3) is 5.69 Å². The molecule has 25 heavy (non-hydrogen) atoms. The SMILES string of the molecule is CCOC(=O)c1ccc(Nc2nc(NC)n(-c3ccccc3)n2)cc1. The number of rotatable bonds is 6. The van der Waals surface area contributed by atoms with Crippen molar-refractivity contribution in [3.05, 3.63) is 60.2 Å². The summed E-state index contributed by atoms with van der Waals surface area (Å²) in [6, 6.07) is 16.7. The summed E-state index contributed by atoms with van der Waals surface area (Å²) in [5.74, 6) is 0.743. The van der Waals surface area contributed by atoms with E-state index in [-0.39, 0.29) is 5.97 Å². The average molecular weight is 337 g/mol. The first-order chi connectivity index (χ1) is 12.2. The summed E-state index contributed by atoms with van der Waals surface area (Å²) in [5, 5.41) is 10.6. The summed E-state index contributed by atoms with van der Waals surface area (Å²) in [5.41, 5.74) is 2.19. The zero-order valence-corrected chi connectivity index (χ0v) is 14.1. The highest BCUT2D eigenvalue weighted by atomic mass is 16.5. The molecule has 0 spiro atoms. The van der Waals surface area contributed by atoms with Crippen molar-refractivity contribution < 1.29 is 9.53 Å². The van der Waals surface area contributed by atoms with E-state index in [2.05, 4.69) is 20.7 Å².